The fourth-order valence-corrected chi connectivity index (χ4v) is 1.49. The predicted molar refractivity (Wildman–Crippen MR) is 70.4 cm³/mol. The van der Waals surface area contributed by atoms with E-state index in [1.165, 1.54) is 0 Å². The molecule has 0 fully saturated rings. The van der Waals surface area contributed by atoms with E-state index in [-0.39, 0.29) is 5.91 Å². The lowest BCUT2D eigenvalue weighted by molar-refractivity contribution is -0.119. The fourth-order valence-electron chi connectivity index (χ4n) is 1.49. The highest BCUT2D eigenvalue weighted by atomic mass is 16.1. The lowest BCUT2D eigenvalue weighted by Gasteiger charge is -2.21. The lowest BCUT2D eigenvalue weighted by Crippen LogP contribution is -2.36. The lowest BCUT2D eigenvalue weighted by atomic mass is 10.3. The van der Waals surface area contributed by atoms with Crippen molar-refractivity contribution >= 4 is 17.5 Å². The minimum atomic E-state index is -0.0116. The number of aromatic nitrogens is 1. The van der Waals surface area contributed by atoms with Gasteiger partial charge in [0.2, 0.25) is 5.91 Å². The Labute approximate surface area is 102 Å². The van der Waals surface area contributed by atoms with Crippen LogP contribution in [0, 0.1) is 0 Å². The predicted octanol–water partition coefficient (Wildman–Crippen LogP) is 1.09. The quantitative estimate of drug-likeness (QED) is 0.776. The maximum atomic E-state index is 11.4. The molecule has 5 heteroatoms. The maximum Gasteiger partial charge on any atom is 0.239 e. The van der Waals surface area contributed by atoms with Crippen molar-refractivity contribution in [2.45, 2.75) is 13.8 Å². The molecule has 0 radical (unpaired) electrons. The first-order valence-electron chi connectivity index (χ1n) is 5.87. The average Bonchev–Trinajstić information content (AvgIpc) is 2.36. The van der Waals surface area contributed by atoms with Crippen LogP contribution in [0.1, 0.15) is 13.8 Å². The summed E-state index contributed by atoms with van der Waals surface area (Å²) in [7, 11) is 1.64. The summed E-state index contributed by atoms with van der Waals surface area (Å²) >= 11 is 0. The number of carbonyl (C=O) groups excluding carboxylic acids is 1. The average molecular weight is 236 g/mol. The van der Waals surface area contributed by atoms with Gasteiger partial charge in [0.1, 0.15) is 11.6 Å². The number of hydrogen-bond acceptors (Lipinski definition) is 4. The smallest absolute Gasteiger partial charge is 0.239 e. The summed E-state index contributed by atoms with van der Waals surface area (Å²) in [6.07, 6.45) is 0. The van der Waals surface area contributed by atoms with E-state index >= 15 is 0 Å². The molecule has 0 unspecified atom stereocenters. The van der Waals surface area contributed by atoms with Crippen LogP contribution >= 0.6 is 0 Å². The summed E-state index contributed by atoms with van der Waals surface area (Å²) in [6, 6.07) is 5.76. The first kappa shape index (κ1) is 13.3. The maximum absolute atomic E-state index is 11.4. The zero-order valence-corrected chi connectivity index (χ0v) is 10.7. The molecular formula is C12H20N4O. The van der Waals surface area contributed by atoms with Crippen molar-refractivity contribution in [3.63, 3.8) is 0 Å². The van der Waals surface area contributed by atoms with Crippen molar-refractivity contribution in [1.29, 1.82) is 0 Å². The van der Waals surface area contributed by atoms with E-state index in [4.69, 9.17) is 0 Å². The third-order valence-electron chi connectivity index (χ3n) is 2.41. The van der Waals surface area contributed by atoms with Crippen molar-refractivity contribution in [2.24, 2.45) is 0 Å². The van der Waals surface area contributed by atoms with E-state index in [1.54, 1.807) is 7.05 Å². The number of anilines is 2. The molecule has 2 N–H and O–H groups in total. The SMILES string of the molecule is CCNc1cccc(N(CC)CC(=O)NC)n1. The van der Waals surface area contributed by atoms with E-state index in [2.05, 4.69) is 15.6 Å². The summed E-state index contributed by atoms with van der Waals surface area (Å²) in [5, 5.41) is 5.77. The van der Waals surface area contributed by atoms with Crippen molar-refractivity contribution in [2.75, 3.05) is 36.9 Å². The van der Waals surface area contributed by atoms with E-state index in [0.29, 0.717) is 6.54 Å². The van der Waals surface area contributed by atoms with Crippen molar-refractivity contribution in [3.05, 3.63) is 18.2 Å². The van der Waals surface area contributed by atoms with Gasteiger partial charge in [-0.15, -0.1) is 0 Å². The van der Waals surface area contributed by atoms with Gasteiger partial charge in [0.15, 0.2) is 0 Å². The monoisotopic (exact) mass is 236 g/mol. The van der Waals surface area contributed by atoms with Crippen LogP contribution in [0.4, 0.5) is 11.6 Å². The molecule has 0 aliphatic rings. The van der Waals surface area contributed by atoms with Crippen LogP contribution in [0.2, 0.25) is 0 Å². The van der Waals surface area contributed by atoms with Gasteiger partial charge in [0.25, 0.3) is 0 Å². The Morgan fingerprint density at radius 2 is 2.18 bits per heavy atom. The Bertz CT molecular complexity index is 367. The molecule has 1 aromatic rings. The first-order valence-corrected chi connectivity index (χ1v) is 5.87. The molecule has 0 aromatic carbocycles. The van der Waals surface area contributed by atoms with E-state index in [0.717, 1.165) is 24.7 Å². The summed E-state index contributed by atoms with van der Waals surface area (Å²) in [5.41, 5.74) is 0. The molecule has 0 bridgehead atoms. The van der Waals surface area contributed by atoms with Crippen LogP contribution in [0.25, 0.3) is 0 Å². The number of pyridine rings is 1. The van der Waals surface area contributed by atoms with Gasteiger partial charge >= 0.3 is 0 Å². The molecule has 5 nitrogen and oxygen atoms in total. The van der Waals surface area contributed by atoms with Crippen LogP contribution in [0.15, 0.2) is 18.2 Å². The topological polar surface area (TPSA) is 57.3 Å². The zero-order valence-electron chi connectivity index (χ0n) is 10.7. The van der Waals surface area contributed by atoms with Crippen LogP contribution in [0.5, 0.6) is 0 Å². The highest BCUT2D eigenvalue weighted by Gasteiger charge is 2.10. The Kier molecular flexibility index (Phi) is 5.26. The van der Waals surface area contributed by atoms with E-state index in [9.17, 15) is 4.79 Å². The molecule has 94 valence electrons. The Hall–Kier alpha value is -1.78. The number of carbonyl (C=O) groups is 1. The molecule has 1 heterocycles. The third-order valence-corrected chi connectivity index (χ3v) is 2.41. The summed E-state index contributed by atoms with van der Waals surface area (Å²) in [5.74, 6) is 1.64. The van der Waals surface area contributed by atoms with E-state index < -0.39 is 0 Å². The molecule has 0 aliphatic heterocycles. The molecule has 0 atom stereocenters. The number of likely N-dealkylation sites (N-methyl/N-ethyl adjacent to an activating group) is 2. The Balaban J connectivity index is 2.80. The van der Waals surface area contributed by atoms with Gasteiger partial charge in [-0.3, -0.25) is 4.79 Å². The summed E-state index contributed by atoms with van der Waals surface area (Å²) in [4.78, 5) is 17.8. The normalized spacial score (nSPS) is 9.82. The molecule has 17 heavy (non-hydrogen) atoms. The van der Waals surface area contributed by atoms with Gasteiger partial charge in [-0.2, -0.15) is 0 Å². The van der Waals surface area contributed by atoms with Crippen molar-refractivity contribution < 1.29 is 4.79 Å². The molecular weight excluding hydrogens is 216 g/mol. The minimum Gasteiger partial charge on any atom is -0.370 e. The molecule has 1 rings (SSSR count). The number of nitrogens with one attached hydrogen (secondary N) is 2. The number of rotatable bonds is 6. The highest BCUT2D eigenvalue weighted by Crippen LogP contribution is 2.13. The molecule has 1 aromatic heterocycles. The molecule has 1 amide bonds. The molecule has 0 saturated carbocycles. The van der Waals surface area contributed by atoms with E-state index in [1.807, 2.05) is 36.9 Å². The number of hydrogen-bond donors (Lipinski definition) is 2. The van der Waals surface area contributed by atoms with Gasteiger partial charge in [-0.05, 0) is 26.0 Å². The van der Waals surface area contributed by atoms with Gasteiger partial charge in [0, 0.05) is 20.1 Å². The Morgan fingerprint density at radius 1 is 1.41 bits per heavy atom. The standard InChI is InChI=1S/C12H20N4O/c1-4-14-10-7-6-8-11(15-10)16(5-2)9-12(17)13-3/h6-8H,4-5,9H2,1-3H3,(H,13,17)(H,14,15). The van der Waals surface area contributed by atoms with Crippen LogP contribution in [-0.2, 0) is 4.79 Å². The number of amides is 1. The Morgan fingerprint density at radius 3 is 2.76 bits per heavy atom. The van der Waals surface area contributed by atoms with Crippen LogP contribution in [-0.4, -0.2) is 37.6 Å². The first-order chi connectivity index (χ1) is 8.21. The van der Waals surface area contributed by atoms with Gasteiger partial charge in [-0.25, -0.2) is 4.98 Å². The van der Waals surface area contributed by atoms with Gasteiger partial charge in [-0.1, -0.05) is 6.07 Å². The third kappa shape index (κ3) is 3.94. The molecule has 0 spiro atoms. The number of nitrogens with zero attached hydrogens (tertiary/aromatic N) is 2. The van der Waals surface area contributed by atoms with Crippen LogP contribution < -0.4 is 15.5 Å². The van der Waals surface area contributed by atoms with Gasteiger partial charge < -0.3 is 15.5 Å². The summed E-state index contributed by atoms with van der Waals surface area (Å²) in [6.45, 7) is 5.94. The van der Waals surface area contributed by atoms with Crippen LogP contribution in [0.3, 0.4) is 0 Å². The summed E-state index contributed by atoms with van der Waals surface area (Å²) < 4.78 is 0. The minimum absolute atomic E-state index is 0.0116. The zero-order chi connectivity index (χ0) is 12.7. The second-order valence-electron chi connectivity index (χ2n) is 3.60. The second kappa shape index (κ2) is 6.73. The van der Waals surface area contributed by atoms with Crippen molar-refractivity contribution in [1.82, 2.24) is 10.3 Å². The van der Waals surface area contributed by atoms with Gasteiger partial charge in [0.05, 0.1) is 6.54 Å². The second-order valence-corrected chi connectivity index (χ2v) is 3.60. The molecule has 0 saturated heterocycles. The largest absolute Gasteiger partial charge is 0.370 e. The highest BCUT2D eigenvalue weighted by molar-refractivity contribution is 5.80. The van der Waals surface area contributed by atoms with Crippen molar-refractivity contribution in [3.8, 4) is 0 Å². The molecule has 0 aliphatic carbocycles. The fraction of sp³-hybridized carbons (Fsp3) is 0.500.